The van der Waals surface area contributed by atoms with Gasteiger partial charge in [-0.2, -0.15) is 13.5 Å². The number of hydrogen-bond donors (Lipinski definition) is 2. The van der Waals surface area contributed by atoms with Crippen LogP contribution in [0.3, 0.4) is 0 Å². The minimum atomic E-state index is -3.96. The number of guanidine groups is 1. The number of aryl methyl sites for hydroxylation is 3. The minimum Gasteiger partial charge on any atom is -0.493 e. The van der Waals surface area contributed by atoms with E-state index in [0.29, 0.717) is 24.3 Å². The van der Waals surface area contributed by atoms with Crippen LogP contribution in [0, 0.1) is 20.8 Å². The summed E-state index contributed by atoms with van der Waals surface area (Å²) in [7, 11) is -3.96. The predicted octanol–water partition coefficient (Wildman–Crippen LogP) is 2.41. The van der Waals surface area contributed by atoms with Crippen molar-refractivity contribution in [3.8, 4) is 11.5 Å². The average Bonchev–Trinajstić information content (AvgIpc) is 2.59. The maximum absolute atomic E-state index is 12.7. The van der Waals surface area contributed by atoms with Crippen molar-refractivity contribution < 1.29 is 17.3 Å². The topological polar surface area (TPSA) is 129 Å². The average molecular weight is 404 g/mol. The van der Waals surface area contributed by atoms with Crippen LogP contribution < -0.4 is 20.4 Å². The molecule has 9 heteroatoms. The van der Waals surface area contributed by atoms with Gasteiger partial charge in [-0.15, -0.1) is 5.10 Å². The molecular weight excluding hydrogens is 380 g/mol. The van der Waals surface area contributed by atoms with E-state index in [9.17, 15) is 8.42 Å². The van der Waals surface area contributed by atoms with Gasteiger partial charge >= 0.3 is 10.1 Å². The van der Waals surface area contributed by atoms with Gasteiger partial charge in [0.15, 0.2) is 0 Å². The fourth-order valence-electron chi connectivity index (χ4n) is 2.39. The van der Waals surface area contributed by atoms with Gasteiger partial charge in [-0.25, -0.2) is 0 Å². The molecule has 28 heavy (non-hydrogen) atoms. The van der Waals surface area contributed by atoms with Crippen molar-refractivity contribution in [2.75, 3.05) is 6.61 Å². The Labute approximate surface area is 165 Å². The van der Waals surface area contributed by atoms with E-state index in [4.69, 9.17) is 20.4 Å². The molecule has 0 aliphatic rings. The lowest BCUT2D eigenvalue weighted by Crippen LogP contribution is -2.21. The second-order valence-electron chi connectivity index (χ2n) is 6.25. The molecule has 0 aromatic heterocycles. The smallest absolute Gasteiger partial charge is 0.339 e. The molecule has 0 saturated heterocycles. The summed E-state index contributed by atoms with van der Waals surface area (Å²) in [5, 5.41) is 7.14. The van der Waals surface area contributed by atoms with E-state index in [2.05, 4.69) is 10.2 Å². The second-order valence-corrected chi connectivity index (χ2v) is 7.76. The summed E-state index contributed by atoms with van der Waals surface area (Å²) in [6, 6.07) is 10.1. The molecule has 2 aromatic carbocycles. The lowest BCUT2D eigenvalue weighted by molar-refractivity contribution is 0.329. The molecule has 0 spiro atoms. The lowest BCUT2D eigenvalue weighted by Gasteiger charge is -2.12. The quantitative estimate of drug-likeness (QED) is 0.228. The normalized spacial score (nSPS) is 11.4. The van der Waals surface area contributed by atoms with E-state index >= 15 is 0 Å². The number of hydrogen-bond acceptors (Lipinski definition) is 6. The van der Waals surface area contributed by atoms with Gasteiger partial charge in [-0.3, -0.25) is 0 Å². The summed E-state index contributed by atoms with van der Waals surface area (Å²) in [4.78, 5) is 0.146. The monoisotopic (exact) mass is 404 g/mol. The Morgan fingerprint density at radius 2 is 1.75 bits per heavy atom. The van der Waals surface area contributed by atoms with Crippen LogP contribution in [0.1, 0.15) is 23.1 Å². The second kappa shape index (κ2) is 9.23. The maximum atomic E-state index is 12.7. The molecule has 2 rings (SSSR count). The molecular formula is C19H24N4O4S. The SMILES string of the molecule is Cc1cc(OCCC=NN=C(N)N)cc(OS(=O)(=O)c2cc(C)ccc2C)c1. The molecule has 0 saturated carbocycles. The molecule has 0 unspecified atom stereocenters. The summed E-state index contributed by atoms with van der Waals surface area (Å²) in [5.41, 5.74) is 12.6. The van der Waals surface area contributed by atoms with Crippen LogP contribution in [-0.4, -0.2) is 27.2 Å². The van der Waals surface area contributed by atoms with Gasteiger partial charge in [-0.1, -0.05) is 12.1 Å². The first-order valence-corrected chi connectivity index (χ1v) is 9.95. The van der Waals surface area contributed by atoms with Gasteiger partial charge in [0, 0.05) is 18.7 Å². The molecule has 0 aliphatic heterocycles. The Morgan fingerprint density at radius 3 is 2.46 bits per heavy atom. The Kier molecular flexibility index (Phi) is 7.00. The summed E-state index contributed by atoms with van der Waals surface area (Å²) >= 11 is 0. The minimum absolute atomic E-state index is 0.123. The van der Waals surface area contributed by atoms with Gasteiger partial charge in [0.1, 0.15) is 16.4 Å². The number of nitrogens with zero attached hydrogens (tertiary/aromatic N) is 2. The highest BCUT2D eigenvalue weighted by atomic mass is 32.2. The molecule has 150 valence electrons. The van der Waals surface area contributed by atoms with Crippen molar-refractivity contribution in [3.05, 3.63) is 53.1 Å². The standard InChI is InChI=1S/C19H24N4O4S/c1-13-5-6-15(3)18(11-13)28(24,25)27-17-10-14(2)9-16(12-17)26-8-4-7-22-23-19(20)21/h5-7,9-12H,4,8H2,1-3H3,(H4,20,21,23). The van der Waals surface area contributed by atoms with Crippen molar-refractivity contribution in [3.63, 3.8) is 0 Å². The number of nitrogens with two attached hydrogens (primary N) is 2. The summed E-state index contributed by atoms with van der Waals surface area (Å²) in [6.07, 6.45) is 1.99. The molecule has 4 N–H and O–H groups in total. The van der Waals surface area contributed by atoms with Crippen LogP contribution in [0.15, 0.2) is 51.5 Å². The lowest BCUT2D eigenvalue weighted by atomic mass is 10.2. The van der Waals surface area contributed by atoms with E-state index in [1.54, 1.807) is 31.2 Å². The summed E-state index contributed by atoms with van der Waals surface area (Å²) < 4.78 is 36.3. The van der Waals surface area contributed by atoms with Crippen LogP contribution in [0.2, 0.25) is 0 Å². The predicted molar refractivity (Wildman–Crippen MR) is 109 cm³/mol. The number of ether oxygens (including phenoxy) is 1. The fourth-order valence-corrected chi connectivity index (χ4v) is 3.62. The zero-order chi connectivity index (χ0) is 20.7. The molecule has 8 nitrogen and oxygen atoms in total. The zero-order valence-corrected chi connectivity index (χ0v) is 16.9. The third kappa shape index (κ3) is 6.27. The Hall–Kier alpha value is -3.07. The highest BCUT2D eigenvalue weighted by molar-refractivity contribution is 7.87. The van der Waals surface area contributed by atoms with Crippen LogP contribution in [0.25, 0.3) is 0 Å². The van der Waals surface area contributed by atoms with E-state index in [0.717, 1.165) is 11.1 Å². The number of benzene rings is 2. The number of rotatable bonds is 8. The largest absolute Gasteiger partial charge is 0.493 e. The molecule has 0 aliphatic carbocycles. The Balaban J connectivity index is 2.11. The maximum Gasteiger partial charge on any atom is 0.339 e. The van der Waals surface area contributed by atoms with Gasteiger partial charge in [0.2, 0.25) is 5.96 Å². The molecule has 0 heterocycles. The van der Waals surface area contributed by atoms with Crippen LogP contribution in [0.4, 0.5) is 0 Å². The van der Waals surface area contributed by atoms with E-state index in [1.165, 1.54) is 12.3 Å². The van der Waals surface area contributed by atoms with Crippen LogP contribution in [0.5, 0.6) is 11.5 Å². The molecule has 0 bridgehead atoms. The molecule has 2 aromatic rings. The zero-order valence-electron chi connectivity index (χ0n) is 16.0. The molecule has 0 fully saturated rings. The Morgan fingerprint density at radius 1 is 1.04 bits per heavy atom. The summed E-state index contributed by atoms with van der Waals surface area (Å²) in [6.45, 7) is 5.69. The van der Waals surface area contributed by atoms with Gasteiger partial charge in [-0.05, 0) is 55.7 Å². The fraction of sp³-hybridized carbons (Fsp3) is 0.263. The first-order valence-electron chi connectivity index (χ1n) is 8.54. The molecule has 0 atom stereocenters. The summed E-state index contributed by atoms with van der Waals surface area (Å²) in [5.74, 6) is 0.550. The van der Waals surface area contributed by atoms with Crippen molar-refractivity contribution in [2.45, 2.75) is 32.1 Å². The molecule has 0 amide bonds. The van der Waals surface area contributed by atoms with Gasteiger partial charge < -0.3 is 20.4 Å². The first kappa shape index (κ1) is 21.2. The van der Waals surface area contributed by atoms with E-state index < -0.39 is 10.1 Å². The first-order chi connectivity index (χ1) is 13.2. The van der Waals surface area contributed by atoms with Gasteiger partial charge in [0.25, 0.3) is 0 Å². The van der Waals surface area contributed by atoms with Crippen LogP contribution >= 0.6 is 0 Å². The molecule has 0 radical (unpaired) electrons. The third-order valence-corrected chi connectivity index (χ3v) is 5.00. The van der Waals surface area contributed by atoms with E-state index in [-0.39, 0.29) is 16.6 Å². The van der Waals surface area contributed by atoms with Gasteiger partial charge in [0.05, 0.1) is 6.61 Å². The van der Waals surface area contributed by atoms with E-state index in [1.807, 2.05) is 19.9 Å². The highest BCUT2D eigenvalue weighted by Gasteiger charge is 2.20. The Bertz CT molecular complexity index is 997. The van der Waals surface area contributed by atoms with Crippen molar-refractivity contribution in [2.24, 2.45) is 21.7 Å². The highest BCUT2D eigenvalue weighted by Crippen LogP contribution is 2.27. The van der Waals surface area contributed by atoms with Crippen molar-refractivity contribution in [1.82, 2.24) is 0 Å². The van der Waals surface area contributed by atoms with Crippen molar-refractivity contribution >= 4 is 22.3 Å². The third-order valence-electron chi connectivity index (χ3n) is 3.61. The van der Waals surface area contributed by atoms with Crippen molar-refractivity contribution in [1.29, 1.82) is 0 Å². The van der Waals surface area contributed by atoms with Crippen LogP contribution in [-0.2, 0) is 10.1 Å².